The van der Waals surface area contributed by atoms with Crippen LogP contribution in [0, 0.1) is 11.6 Å². The Hall–Kier alpha value is -0.940. The Bertz CT molecular complexity index is 373. The van der Waals surface area contributed by atoms with E-state index in [1.807, 2.05) is 20.8 Å². The van der Waals surface area contributed by atoms with Crippen LogP contribution in [-0.4, -0.2) is 27.2 Å². The van der Waals surface area contributed by atoms with E-state index < -0.39 is 0 Å². The van der Waals surface area contributed by atoms with Crippen LogP contribution in [0.2, 0.25) is 0 Å². The van der Waals surface area contributed by atoms with Gasteiger partial charge in [-0.15, -0.1) is 0 Å². The Morgan fingerprint density at radius 2 is 2.29 bits per heavy atom. The van der Waals surface area contributed by atoms with E-state index in [1.165, 1.54) is 0 Å². The second-order valence-electron chi connectivity index (χ2n) is 3.89. The Morgan fingerprint density at radius 1 is 1.64 bits per heavy atom. The molecule has 14 heavy (non-hydrogen) atoms. The molecular formula is C9H15N3OS. The van der Waals surface area contributed by atoms with E-state index >= 15 is 0 Å². The highest BCUT2D eigenvalue weighted by molar-refractivity contribution is 7.71. The van der Waals surface area contributed by atoms with E-state index in [0.29, 0.717) is 4.64 Å². The molecule has 1 rings (SSSR count). The standard InChI is InChI=1S/C9H15N3OS/c1-6-10-7(4-8(14)11-6)12-9(2,3)5-13/h4,13H,5H2,1-3H3,(H2,10,11,12,14). The summed E-state index contributed by atoms with van der Waals surface area (Å²) in [7, 11) is 0. The van der Waals surface area contributed by atoms with Crippen LogP contribution >= 0.6 is 12.2 Å². The smallest absolute Gasteiger partial charge is 0.131 e. The van der Waals surface area contributed by atoms with Crippen molar-refractivity contribution in [3.8, 4) is 0 Å². The molecule has 0 bridgehead atoms. The third-order valence-corrected chi connectivity index (χ3v) is 1.94. The molecule has 0 unspecified atom stereocenters. The molecule has 0 amide bonds. The topological polar surface area (TPSA) is 60.9 Å². The van der Waals surface area contributed by atoms with E-state index in [9.17, 15) is 0 Å². The molecule has 5 heteroatoms. The van der Waals surface area contributed by atoms with Crippen molar-refractivity contribution >= 4 is 18.0 Å². The lowest BCUT2D eigenvalue weighted by molar-refractivity contribution is 0.234. The van der Waals surface area contributed by atoms with Crippen LogP contribution in [0.3, 0.4) is 0 Å². The molecule has 1 aromatic rings. The van der Waals surface area contributed by atoms with Crippen molar-refractivity contribution in [2.24, 2.45) is 0 Å². The number of aromatic amines is 1. The van der Waals surface area contributed by atoms with Crippen LogP contribution in [0.25, 0.3) is 0 Å². The van der Waals surface area contributed by atoms with E-state index in [1.54, 1.807) is 6.07 Å². The fourth-order valence-corrected chi connectivity index (χ4v) is 1.31. The molecule has 78 valence electrons. The number of H-pyrrole nitrogens is 1. The summed E-state index contributed by atoms with van der Waals surface area (Å²) in [6.45, 7) is 5.70. The highest BCUT2D eigenvalue weighted by atomic mass is 32.1. The quantitative estimate of drug-likeness (QED) is 0.668. The minimum absolute atomic E-state index is 0.0506. The van der Waals surface area contributed by atoms with Crippen LogP contribution in [0.1, 0.15) is 19.7 Å². The van der Waals surface area contributed by atoms with Gasteiger partial charge in [0.15, 0.2) is 0 Å². The summed E-state index contributed by atoms with van der Waals surface area (Å²) in [6, 6.07) is 1.74. The van der Waals surface area contributed by atoms with Gasteiger partial charge < -0.3 is 15.4 Å². The van der Waals surface area contributed by atoms with Crippen molar-refractivity contribution in [3.05, 3.63) is 16.5 Å². The number of nitrogens with zero attached hydrogens (tertiary/aromatic N) is 1. The van der Waals surface area contributed by atoms with E-state index in [4.69, 9.17) is 17.3 Å². The molecule has 0 saturated heterocycles. The van der Waals surface area contributed by atoms with Gasteiger partial charge in [0.1, 0.15) is 16.3 Å². The molecule has 1 heterocycles. The summed E-state index contributed by atoms with van der Waals surface area (Å²) < 4.78 is 0.539. The predicted molar refractivity (Wildman–Crippen MR) is 58.9 cm³/mol. The molecule has 0 saturated carbocycles. The third kappa shape index (κ3) is 3.08. The Labute approximate surface area is 88.4 Å². The van der Waals surface area contributed by atoms with Crippen molar-refractivity contribution in [1.29, 1.82) is 0 Å². The predicted octanol–water partition coefficient (Wildman–Crippen LogP) is 1.63. The fraction of sp³-hybridized carbons (Fsp3) is 0.556. The maximum Gasteiger partial charge on any atom is 0.131 e. The molecule has 1 aromatic heterocycles. The Morgan fingerprint density at radius 3 is 2.79 bits per heavy atom. The minimum Gasteiger partial charge on any atom is -0.394 e. The lowest BCUT2D eigenvalue weighted by Crippen LogP contribution is -2.35. The zero-order chi connectivity index (χ0) is 10.8. The average molecular weight is 213 g/mol. The second-order valence-corrected chi connectivity index (χ2v) is 4.30. The number of aryl methyl sites for hydroxylation is 1. The monoisotopic (exact) mass is 213 g/mol. The maximum absolute atomic E-state index is 9.08. The van der Waals surface area contributed by atoms with Crippen molar-refractivity contribution < 1.29 is 5.11 Å². The van der Waals surface area contributed by atoms with Crippen LogP contribution in [0.4, 0.5) is 5.82 Å². The normalized spacial score (nSPS) is 11.4. The van der Waals surface area contributed by atoms with Crippen molar-refractivity contribution in [1.82, 2.24) is 9.97 Å². The van der Waals surface area contributed by atoms with Gasteiger partial charge in [0.25, 0.3) is 0 Å². The molecule has 4 nitrogen and oxygen atoms in total. The van der Waals surface area contributed by atoms with E-state index in [-0.39, 0.29) is 12.1 Å². The largest absolute Gasteiger partial charge is 0.394 e. The van der Waals surface area contributed by atoms with Gasteiger partial charge in [-0.05, 0) is 20.8 Å². The molecular weight excluding hydrogens is 198 g/mol. The van der Waals surface area contributed by atoms with Gasteiger partial charge in [-0.3, -0.25) is 0 Å². The van der Waals surface area contributed by atoms with Gasteiger partial charge in [-0.1, -0.05) is 12.2 Å². The lowest BCUT2D eigenvalue weighted by atomic mass is 10.1. The first-order chi connectivity index (χ1) is 6.43. The van der Waals surface area contributed by atoms with Crippen LogP contribution < -0.4 is 5.32 Å². The summed E-state index contributed by atoms with van der Waals surface area (Å²) in [4.78, 5) is 7.09. The van der Waals surface area contributed by atoms with Gasteiger partial charge in [-0.2, -0.15) is 0 Å². The van der Waals surface area contributed by atoms with Crippen LogP contribution in [0.5, 0.6) is 0 Å². The lowest BCUT2D eigenvalue weighted by Gasteiger charge is -2.24. The third-order valence-electron chi connectivity index (χ3n) is 1.73. The number of anilines is 1. The molecule has 0 aliphatic heterocycles. The molecule has 0 aliphatic carbocycles. The van der Waals surface area contributed by atoms with Gasteiger partial charge in [0.05, 0.1) is 12.1 Å². The van der Waals surface area contributed by atoms with E-state index in [0.717, 1.165) is 11.6 Å². The number of rotatable bonds is 3. The summed E-state index contributed by atoms with van der Waals surface area (Å²) >= 11 is 4.98. The van der Waals surface area contributed by atoms with Crippen molar-refractivity contribution in [2.75, 3.05) is 11.9 Å². The van der Waals surface area contributed by atoms with Crippen molar-refractivity contribution in [2.45, 2.75) is 26.3 Å². The molecule has 0 fully saturated rings. The fourth-order valence-electron chi connectivity index (χ4n) is 1.05. The SMILES string of the molecule is Cc1nc(=S)cc(NC(C)(C)CO)[nH]1. The van der Waals surface area contributed by atoms with E-state index in [2.05, 4.69) is 15.3 Å². The van der Waals surface area contributed by atoms with Crippen LogP contribution in [0.15, 0.2) is 6.07 Å². The van der Waals surface area contributed by atoms with Gasteiger partial charge in [0.2, 0.25) is 0 Å². The molecule has 0 spiro atoms. The summed E-state index contributed by atoms with van der Waals surface area (Å²) in [6.07, 6.45) is 0. The first-order valence-electron chi connectivity index (χ1n) is 4.40. The summed E-state index contributed by atoms with van der Waals surface area (Å²) in [5, 5.41) is 12.2. The highest BCUT2D eigenvalue weighted by Gasteiger charge is 2.15. The minimum atomic E-state index is -0.369. The van der Waals surface area contributed by atoms with Gasteiger partial charge in [0, 0.05) is 6.07 Å². The number of aromatic nitrogens is 2. The maximum atomic E-state index is 9.08. The second kappa shape index (κ2) is 4.06. The molecule has 0 atom stereocenters. The molecule has 0 radical (unpaired) electrons. The first kappa shape index (κ1) is 11.1. The summed E-state index contributed by atoms with van der Waals surface area (Å²) in [5.74, 6) is 1.54. The first-order valence-corrected chi connectivity index (χ1v) is 4.81. The summed E-state index contributed by atoms with van der Waals surface area (Å²) in [5.41, 5.74) is -0.369. The molecule has 0 aromatic carbocycles. The van der Waals surface area contributed by atoms with Crippen molar-refractivity contribution in [3.63, 3.8) is 0 Å². The van der Waals surface area contributed by atoms with Gasteiger partial charge >= 0.3 is 0 Å². The van der Waals surface area contributed by atoms with Gasteiger partial charge in [-0.25, -0.2) is 4.98 Å². The molecule has 0 aliphatic rings. The number of hydrogen-bond donors (Lipinski definition) is 3. The molecule has 3 N–H and O–H groups in total. The zero-order valence-corrected chi connectivity index (χ0v) is 9.40. The Kier molecular flexibility index (Phi) is 3.23. The number of aliphatic hydroxyl groups excluding tert-OH is 1. The number of nitrogens with one attached hydrogen (secondary N) is 2. The van der Waals surface area contributed by atoms with Crippen LogP contribution in [-0.2, 0) is 0 Å². The number of hydrogen-bond acceptors (Lipinski definition) is 4. The zero-order valence-electron chi connectivity index (χ0n) is 8.59. The number of aliphatic hydroxyl groups is 1. The Balaban J connectivity index is 2.92. The average Bonchev–Trinajstić information content (AvgIpc) is 2.01. The highest BCUT2D eigenvalue weighted by Crippen LogP contribution is 2.11.